The van der Waals surface area contributed by atoms with Gasteiger partial charge in [0.05, 0.1) is 24.4 Å². The molecule has 0 fully saturated rings. The summed E-state index contributed by atoms with van der Waals surface area (Å²) in [5.74, 6) is -0.221. The summed E-state index contributed by atoms with van der Waals surface area (Å²) in [4.78, 5) is 12.0. The van der Waals surface area contributed by atoms with E-state index >= 15 is 0 Å². The van der Waals surface area contributed by atoms with E-state index in [2.05, 4.69) is 15.5 Å². The van der Waals surface area contributed by atoms with Gasteiger partial charge in [0.1, 0.15) is 0 Å². The third-order valence-electron chi connectivity index (χ3n) is 2.96. The zero-order valence-corrected chi connectivity index (χ0v) is 10.8. The third-order valence-corrected chi connectivity index (χ3v) is 2.96. The topological polar surface area (TPSA) is 78.0 Å². The summed E-state index contributed by atoms with van der Waals surface area (Å²) >= 11 is 0. The molecular weight excluding hydrogens is 242 g/mol. The molecule has 0 aliphatic carbocycles. The summed E-state index contributed by atoms with van der Waals surface area (Å²) in [6, 6.07) is 9.45. The van der Waals surface area contributed by atoms with Crippen molar-refractivity contribution in [2.75, 3.05) is 6.61 Å². The van der Waals surface area contributed by atoms with Gasteiger partial charge in [-0.3, -0.25) is 9.89 Å². The summed E-state index contributed by atoms with van der Waals surface area (Å²) in [5, 5.41) is 18.7. The third kappa shape index (κ3) is 3.42. The lowest BCUT2D eigenvalue weighted by Crippen LogP contribution is -2.39. The first-order valence-corrected chi connectivity index (χ1v) is 6.16. The molecule has 3 N–H and O–H groups in total. The van der Waals surface area contributed by atoms with Gasteiger partial charge in [-0.15, -0.1) is 0 Å². The van der Waals surface area contributed by atoms with Gasteiger partial charge in [0.25, 0.3) is 5.91 Å². The Kier molecular flexibility index (Phi) is 4.30. The highest BCUT2D eigenvalue weighted by Crippen LogP contribution is 2.06. The molecule has 0 spiro atoms. The number of hydrogen-bond acceptors (Lipinski definition) is 3. The second kappa shape index (κ2) is 6.15. The van der Waals surface area contributed by atoms with Gasteiger partial charge in [-0.1, -0.05) is 30.3 Å². The van der Waals surface area contributed by atoms with Crippen molar-refractivity contribution in [2.45, 2.75) is 19.4 Å². The average molecular weight is 259 g/mol. The van der Waals surface area contributed by atoms with E-state index in [0.29, 0.717) is 17.7 Å². The van der Waals surface area contributed by atoms with Gasteiger partial charge in [0, 0.05) is 5.69 Å². The van der Waals surface area contributed by atoms with Crippen LogP contribution < -0.4 is 5.32 Å². The van der Waals surface area contributed by atoms with Crippen molar-refractivity contribution in [1.29, 1.82) is 0 Å². The van der Waals surface area contributed by atoms with Gasteiger partial charge in [-0.2, -0.15) is 5.10 Å². The first kappa shape index (κ1) is 13.3. The van der Waals surface area contributed by atoms with Gasteiger partial charge in [0.2, 0.25) is 0 Å². The van der Waals surface area contributed by atoms with Crippen LogP contribution in [0.25, 0.3) is 0 Å². The molecule has 0 unspecified atom stereocenters. The molecule has 2 rings (SSSR count). The molecule has 0 bridgehead atoms. The Morgan fingerprint density at radius 3 is 2.74 bits per heavy atom. The predicted molar refractivity (Wildman–Crippen MR) is 71.8 cm³/mol. The minimum atomic E-state index is -0.302. The minimum Gasteiger partial charge on any atom is -0.394 e. The molecule has 1 aromatic carbocycles. The molecule has 0 radical (unpaired) electrons. The Morgan fingerprint density at radius 1 is 1.42 bits per heavy atom. The van der Waals surface area contributed by atoms with Crippen LogP contribution >= 0.6 is 0 Å². The number of aryl methyl sites for hydroxylation is 1. The first-order chi connectivity index (χ1) is 9.20. The number of hydrogen-bond donors (Lipinski definition) is 3. The number of aromatic nitrogens is 2. The van der Waals surface area contributed by atoms with Crippen molar-refractivity contribution < 1.29 is 9.90 Å². The van der Waals surface area contributed by atoms with Crippen LogP contribution in [-0.4, -0.2) is 33.9 Å². The van der Waals surface area contributed by atoms with Crippen molar-refractivity contribution >= 4 is 5.91 Å². The number of H-pyrrole nitrogens is 1. The van der Waals surface area contributed by atoms with E-state index in [4.69, 9.17) is 0 Å². The molecule has 1 atom stereocenters. The van der Waals surface area contributed by atoms with E-state index in [1.54, 1.807) is 6.92 Å². The molecule has 0 aliphatic rings. The van der Waals surface area contributed by atoms with Crippen molar-refractivity contribution in [3.8, 4) is 0 Å². The zero-order valence-electron chi connectivity index (χ0n) is 10.8. The molecule has 1 heterocycles. The number of aliphatic hydroxyl groups excluding tert-OH is 1. The number of carbonyl (C=O) groups excluding carboxylic acids is 1. The number of benzene rings is 1. The molecule has 5 nitrogen and oxygen atoms in total. The van der Waals surface area contributed by atoms with E-state index in [-0.39, 0.29) is 18.6 Å². The summed E-state index contributed by atoms with van der Waals surface area (Å²) < 4.78 is 0. The molecule has 0 saturated heterocycles. The smallest absolute Gasteiger partial charge is 0.255 e. The Morgan fingerprint density at radius 2 is 2.16 bits per heavy atom. The number of nitrogens with zero attached hydrogens (tertiary/aromatic N) is 1. The van der Waals surface area contributed by atoms with Crippen LogP contribution in [0.5, 0.6) is 0 Å². The normalized spacial score (nSPS) is 12.1. The van der Waals surface area contributed by atoms with Crippen LogP contribution in [0.3, 0.4) is 0 Å². The van der Waals surface area contributed by atoms with Gasteiger partial charge in [-0.25, -0.2) is 0 Å². The molecule has 0 saturated carbocycles. The highest BCUT2D eigenvalue weighted by Gasteiger charge is 2.16. The maximum Gasteiger partial charge on any atom is 0.255 e. The Bertz CT molecular complexity index is 537. The van der Waals surface area contributed by atoms with Crippen LogP contribution in [0.1, 0.15) is 21.6 Å². The largest absolute Gasteiger partial charge is 0.394 e. The average Bonchev–Trinajstić information content (AvgIpc) is 2.85. The fraction of sp³-hybridized carbons (Fsp3) is 0.286. The maximum atomic E-state index is 12.0. The molecular formula is C14H17N3O2. The van der Waals surface area contributed by atoms with Gasteiger partial charge >= 0.3 is 0 Å². The van der Waals surface area contributed by atoms with Crippen LogP contribution in [0, 0.1) is 6.92 Å². The predicted octanol–water partition coefficient (Wildman–Crippen LogP) is 1.05. The monoisotopic (exact) mass is 259 g/mol. The summed E-state index contributed by atoms with van der Waals surface area (Å²) in [5.41, 5.74) is 2.30. The zero-order chi connectivity index (χ0) is 13.7. The lowest BCUT2D eigenvalue weighted by molar-refractivity contribution is 0.0916. The van der Waals surface area contributed by atoms with E-state index < -0.39 is 0 Å². The molecule has 5 heteroatoms. The fourth-order valence-electron chi connectivity index (χ4n) is 1.90. The SMILES string of the molecule is Cc1[nH]ncc1C(=O)N[C@H](CO)Cc1ccccc1. The molecule has 0 aliphatic heterocycles. The number of nitrogens with one attached hydrogen (secondary N) is 2. The van der Waals surface area contributed by atoms with E-state index in [1.165, 1.54) is 6.20 Å². The molecule has 100 valence electrons. The van der Waals surface area contributed by atoms with E-state index in [9.17, 15) is 9.90 Å². The second-order valence-electron chi connectivity index (χ2n) is 4.45. The standard InChI is InChI=1S/C14H17N3O2/c1-10-13(8-15-17-10)14(19)16-12(9-18)7-11-5-3-2-4-6-11/h2-6,8,12,18H,7,9H2,1H3,(H,15,17)(H,16,19)/t12-/m0/s1. The second-order valence-corrected chi connectivity index (χ2v) is 4.45. The van der Waals surface area contributed by atoms with Gasteiger partial charge in [0.15, 0.2) is 0 Å². The quantitative estimate of drug-likeness (QED) is 0.751. The maximum absolute atomic E-state index is 12.0. The molecule has 1 aromatic heterocycles. The van der Waals surface area contributed by atoms with Crippen LogP contribution in [0.4, 0.5) is 0 Å². The number of aliphatic hydroxyl groups is 1. The van der Waals surface area contributed by atoms with E-state index in [0.717, 1.165) is 5.56 Å². The van der Waals surface area contributed by atoms with Crippen molar-refractivity contribution in [1.82, 2.24) is 15.5 Å². The van der Waals surface area contributed by atoms with Gasteiger partial charge in [-0.05, 0) is 18.9 Å². The van der Waals surface area contributed by atoms with Crippen molar-refractivity contribution in [3.05, 3.63) is 53.3 Å². The summed E-state index contributed by atoms with van der Waals surface area (Å²) in [7, 11) is 0. The highest BCUT2D eigenvalue weighted by molar-refractivity contribution is 5.95. The number of rotatable bonds is 5. The number of amides is 1. The van der Waals surface area contributed by atoms with Gasteiger partial charge < -0.3 is 10.4 Å². The van der Waals surface area contributed by atoms with Crippen LogP contribution in [-0.2, 0) is 6.42 Å². The minimum absolute atomic E-state index is 0.0997. The summed E-state index contributed by atoms with van der Waals surface area (Å²) in [6.07, 6.45) is 2.08. The molecule has 1 amide bonds. The Hall–Kier alpha value is -2.14. The molecule has 19 heavy (non-hydrogen) atoms. The highest BCUT2D eigenvalue weighted by atomic mass is 16.3. The first-order valence-electron chi connectivity index (χ1n) is 6.16. The van der Waals surface area contributed by atoms with Crippen molar-refractivity contribution in [2.24, 2.45) is 0 Å². The Balaban J connectivity index is 2.00. The lowest BCUT2D eigenvalue weighted by Gasteiger charge is -2.16. The number of aromatic amines is 1. The number of carbonyl (C=O) groups is 1. The molecule has 2 aromatic rings. The lowest BCUT2D eigenvalue weighted by atomic mass is 10.1. The van der Waals surface area contributed by atoms with E-state index in [1.807, 2.05) is 30.3 Å². The van der Waals surface area contributed by atoms with Crippen LogP contribution in [0.2, 0.25) is 0 Å². The summed E-state index contributed by atoms with van der Waals surface area (Å²) in [6.45, 7) is 1.69. The fourth-order valence-corrected chi connectivity index (χ4v) is 1.90. The van der Waals surface area contributed by atoms with Crippen molar-refractivity contribution in [3.63, 3.8) is 0 Å². The van der Waals surface area contributed by atoms with Crippen LogP contribution in [0.15, 0.2) is 36.5 Å². The Labute approximate surface area is 111 Å².